The molecular formula is C25H23F3N4O3. The number of imidazole rings is 1. The molecule has 0 N–H and O–H groups in total. The molecule has 0 amide bonds. The number of aromatic nitrogens is 4. The molecule has 1 aliphatic heterocycles. The number of alkyl halides is 3. The zero-order valence-corrected chi connectivity index (χ0v) is 19.0. The van der Waals surface area contributed by atoms with Gasteiger partial charge in [0.1, 0.15) is 0 Å². The Morgan fingerprint density at radius 3 is 2.49 bits per heavy atom. The second-order valence-electron chi connectivity index (χ2n) is 8.69. The van der Waals surface area contributed by atoms with Gasteiger partial charge in [0.2, 0.25) is 0 Å². The smallest absolute Gasteiger partial charge is 0.376 e. The van der Waals surface area contributed by atoms with Crippen LogP contribution in [0.1, 0.15) is 29.5 Å². The number of halogens is 3. The third-order valence-electron chi connectivity index (χ3n) is 6.30. The first kappa shape index (κ1) is 23.1. The van der Waals surface area contributed by atoms with E-state index in [9.17, 15) is 22.8 Å². The van der Waals surface area contributed by atoms with Gasteiger partial charge in [-0.3, -0.25) is 9.36 Å². The number of hydrogen-bond acceptors (Lipinski definition) is 4. The Morgan fingerprint density at radius 1 is 1.09 bits per heavy atom. The van der Waals surface area contributed by atoms with Gasteiger partial charge < -0.3 is 9.30 Å². The Morgan fingerprint density at radius 2 is 1.83 bits per heavy atom. The zero-order valence-electron chi connectivity index (χ0n) is 19.0. The van der Waals surface area contributed by atoms with Gasteiger partial charge in [0.25, 0.3) is 5.56 Å². The number of ether oxygens (including phenoxy) is 1. The van der Waals surface area contributed by atoms with Crippen LogP contribution < -0.4 is 11.2 Å². The standard InChI is InChI=1S/C25H23F3N4O3/c1-16-5-2-3-7-20(16)32-22-21(23(33)31(24(32)34)14-19-6-4-12-35-19)30(15-29-22)13-17-8-10-18(11-9-17)25(26,27)28/h2-3,5,7-11,15,19H,4,6,12-14H2,1H3/t19-/m0/s1. The predicted molar refractivity (Wildman–Crippen MR) is 124 cm³/mol. The maximum absolute atomic E-state index is 13.6. The first-order valence-electron chi connectivity index (χ1n) is 11.3. The van der Waals surface area contributed by atoms with Crippen molar-refractivity contribution < 1.29 is 17.9 Å². The van der Waals surface area contributed by atoms with E-state index in [1.54, 1.807) is 16.7 Å². The molecule has 0 spiro atoms. The molecule has 5 rings (SSSR count). The molecule has 7 nitrogen and oxygen atoms in total. The topological polar surface area (TPSA) is 71.1 Å². The molecule has 2 aromatic heterocycles. The maximum Gasteiger partial charge on any atom is 0.416 e. The molecule has 3 heterocycles. The highest BCUT2D eigenvalue weighted by Gasteiger charge is 2.30. The Bertz CT molecular complexity index is 1490. The van der Waals surface area contributed by atoms with Gasteiger partial charge in [0.15, 0.2) is 11.2 Å². The largest absolute Gasteiger partial charge is 0.416 e. The van der Waals surface area contributed by atoms with E-state index in [0.29, 0.717) is 17.9 Å². The van der Waals surface area contributed by atoms with Crippen LogP contribution in [0.25, 0.3) is 16.9 Å². The predicted octanol–water partition coefficient (Wildman–Crippen LogP) is 3.90. The molecule has 35 heavy (non-hydrogen) atoms. The van der Waals surface area contributed by atoms with E-state index in [0.717, 1.165) is 30.5 Å². The highest BCUT2D eigenvalue weighted by molar-refractivity contribution is 5.73. The van der Waals surface area contributed by atoms with Crippen molar-refractivity contribution in [1.82, 2.24) is 18.7 Å². The third-order valence-corrected chi connectivity index (χ3v) is 6.30. The molecule has 4 aromatic rings. The summed E-state index contributed by atoms with van der Waals surface area (Å²) in [6.45, 7) is 2.68. The molecule has 0 saturated carbocycles. The van der Waals surface area contributed by atoms with E-state index in [4.69, 9.17) is 4.74 Å². The minimum Gasteiger partial charge on any atom is -0.376 e. The maximum atomic E-state index is 13.6. The lowest BCUT2D eigenvalue weighted by Crippen LogP contribution is -2.42. The number of fused-ring (bicyclic) bond motifs is 1. The molecule has 1 aliphatic rings. The van der Waals surface area contributed by atoms with E-state index in [2.05, 4.69) is 4.98 Å². The van der Waals surface area contributed by atoms with Gasteiger partial charge in [0, 0.05) is 13.2 Å². The summed E-state index contributed by atoms with van der Waals surface area (Å²) in [6.07, 6.45) is -1.62. The average molecular weight is 484 g/mol. The van der Waals surface area contributed by atoms with Gasteiger partial charge in [-0.1, -0.05) is 30.3 Å². The fourth-order valence-electron chi connectivity index (χ4n) is 4.48. The number of rotatable bonds is 5. The summed E-state index contributed by atoms with van der Waals surface area (Å²) in [6, 6.07) is 12.1. The summed E-state index contributed by atoms with van der Waals surface area (Å²) < 4.78 is 48.7. The van der Waals surface area contributed by atoms with Gasteiger partial charge in [-0.25, -0.2) is 14.3 Å². The van der Waals surface area contributed by atoms with Crippen molar-refractivity contribution in [2.24, 2.45) is 0 Å². The molecule has 1 fully saturated rings. The van der Waals surface area contributed by atoms with Crippen LogP contribution in [0.4, 0.5) is 13.2 Å². The Kier molecular flexibility index (Phi) is 5.84. The lowest BCUT2D eigenvalue weighted by molar-refractivity contribution is -0.137. The molecule has 0 bridgehead atoms. The Labute approximate surface area is 198 Å². The highest BCUT2D eigenvalue weighted by atomic mass is 19.4. The van der Waals surface area contributed by atoms with Gasteiger partial charge >= 0.3 is 11.9 Å². The number of hydrogen-bond donors (Lipinski definition) is 0. The van der Waals surface area contributed by atoms with Crippen LogP contribution >= 0.6 is 0 Å². The van der Waals surface area contributed by atoms with Gasteiger partial charge in [0.05, 0.1) is 30.2 Å². The summed E-state index contributed by atoms with van der Waals surface area (Å²) >= 11 is 0. The van der Waals surface area contributed by atoms with Crippen LogP contribution in [-0.2, 0) is 24.0 Å². The molecule has 1 atom stereocenters. The van der Waals surface area contributed by atoms with Crippen LogP contribution in [0.15, 0.2) is 64.4 Å². The molecule has 0 aliphatic carbocycles. The quantitative estimate of drug-likeness (QED) is 0.431. The van der Waals surface area contributed by atoms with Gasteiger partial charge in [-0.2, -0.15) is 13.2 Å². The van der Waals surface area contributed by atoms with Crippen molar-refractivity contribution in [2.75, 3.05) is 6.61 Å². The van der Waals surface area contributed by atoms with Crippen molar-refractivity contribution in [3.05, 3.63) is 92.4 Å². The first-order chi connectivity index (χ1) is 16.7. The summed E-state index contributed by atoms with van der Waals surface area (Å²) in [5, 5.41) is 0. The molecule has 182 valence electrons. The van der Waals surface area contributed by atoms with E-state index in [1.807, 2.05) is 19.1 Å². The van der Waals surface area contributed by atoms with Crippen molar-refractivity contribution >= 4 is 11.2 Å². The molecule has 2 aromatic carbocycles. The normalized spacial score (nSPS) is 16.3. The zero-order chi connectivity index (χ0) is 24.7. The SMILES string of the molecule is Cc1ccccc1-n1c(=O)n(C[C@@H]2CCCO2)c(=O)c2c1ncn2Cc1ccc(C(F)(F)F)cc1. The number of benzene rings is 2. The molecule has 10 heteroatoms. The molecular weight excluding hydrogens is 461 g/mol. The van der Waals surface area contributed by atoms with Crippen LogP contribution in [0.3, 0.4) is 0 Å². The Balaban J connectivity index is 1.67. The van der Waals surface area contributed by atoms with Crippen LogP contribution in [0.2, 0.25) is 0 Å². The first-order valence-corrected chi connectivity index (χ1v) is 11.3. The molecule has 0 radical (unpaired) electrons. The van der Waals surface area contributed by atoms with E-state index in [-0.39, 0.29) is 30.4 Å². The summed E-state index contributed by atoms with van der Waals surface area (Å²) in [4.78, 5) is 31.5. The van der Waals surface area contributed by atoms with E-state index in [1.165, 1.54) is 27.6 Å². The fourth-order valence-corrected chi connectivity index (χ4v) is 4.48. The summed E-state index contributed by atoms with van der Waals surface area (Å²) in [7, 11) is 0. The van der Waals surface area contributed by atoms with Crippen LogP contribution in [-0.4, -0.2) is 31.4 Å². The van der Waals surface area contributed by atoms with Crippen molar-refractivity contribution in [3.63, 3.8) is 0 Å². The Hall–Kier alpha value is -3.66. The highest BCUT2D eigenvalue weighted by Crippen LogP contribution is 2.29. The number of nitrogens with zero attached hydrogens (tertiary/aromatic N) is 4. The lowest BCUT2D eigenvalue weighted by atomic mass is 10.1. The van der Waals surface area contributed by atoms with Crippen LogP contribution in [0.5, 0.6) is 0 Å². The van der Waals surface area contributed by atoms with Crippen molar-refractivity contribution in [3.8, 4) is 5.69 Å². The second kappa shape index (κ2) is 8.84. The van der Waals surface area contributed by atoms with E-state index < -0.39 is 23.0 Å². The van der Waals surface area contributed by atoms with Crippen molar-refractivity contribution in [2.45, 2.75) is 45.1 Å². The monoisotopic (exact) mass is 484 g/mol. The minimum absolute atomic E-state index is 0.116. The summed E-state index contributed by atoms with van der Waals surface area (Å²) in [5.74, 6) is 0. The molecule has 0 unspecified atom stereocenters. The number of para-hydroxylation sites is 1. The number of aryl methyl sites for hydroxylation is 1. The lowest BCUT2D eigenvalue weighted by Gasteiger charge is -2.16. The molecule has 1 saturated heterocycles. The van der Waals surface area contributed by atoms with Gasteiger partial charge in [-0.05, 0) is 49.1 Å². The van der Waals surface area contributed by atoms with E-state index >= 15 is 0 Å². The minimum atomic E-state index is -4.43. The fraction of sp³-hybridized carbons (Fsp3) is 0.320. The van der Waals surface area contributed by atoms with Crippen molar-refractivity contribution in [1.29, 1.82) is 0 Å². The van der Waals surface area contributed by atoms with Gasteiger partial charge in [-0.15, -0.1) is 0 Å². The second-order valence-corrected chi connectivity index (χ2v) is 8.69. The van der Waals surface area contributed by atoms with Crippen LogP contribution in [0, 0.1) is 6.92 Å². The third kappa shape index (κ3) is 4.29. The average Bonchev–Trinajstić information content (AvgIpc) is 3.48. The summed E-state index contributed by atoms with van der Waals surface area (Å²) in [5.41, 5.74) is 0.635.